The number of halogens is 7. The van der Waals surface area contributed by atoms with Crippen LogP contribution in [0.25, 0.3) is 0 Å². The Labute approximate surface area is 239 Å². The fourth-order valence-electron chi connectivity index (χ4n) is 3.49. The van der Waals surface area contributed by atoms with Crippen LogP contribution in [0.2, 0.25) is 5.02 Å². The number of alkyl halides is 6. The number of sulfonamides is 1. The van der Waals surface area contributed by atoms with E-state index in [0.29, 0.717) is 30.3 Å². The minimum atomic E-state index is -5.08. The molecular weight excluding hydrogens is 622 g/mol. The highest BCUT2D eigenvalue weighted by molar-refractivity contribution is 7.92. The van der Waals surface area contributed by atoms with Crippen LogP contribution in [0, 0.1) is 0 Å². The van der Waals surface area contributed by atoms with E-state index in [1.807, 2.05) is 0 Å². The molecule has 0 aliphatic heterocycles. The van der Waals surface area contributed by atoms with Crippen molar-refractivity contribution in [3.05, 3.63) is 76.3 Å². The molecule has 42 heavy (non-hydrogen) atoms. The van der Waals surface area contributed by atoms with Gasteiger partial charge in [-0.1, -0.05) is 11.6 Å². The van der Waals surface area contributed by atoms with Crippen LogP contribution in [0.4, 0.5) is 32.0 Å². The lowest BCUT2D eigenvalue weighted by Gasteiger charge is -2.17. The van der Waals surface area contributed by atoms with Crippen LogP contribution in [0.3, 0.4) is 0 Å². The maximum Gasteiger partial charge on any atom is 0.573 e. The number of carbonyl (C=O) groups excluding carboxylic acids is 1. The van der Waals surface area contributed by atoms with Crippen molar-refractivity contribution in [2.75, 3.05) is 11.3 Å². The first-order chi connectivity index (χ1) is 19.4. The summed E-state index contributed by atoms with van der Waals surface area (Å²) in [6.07, 6.45) is -10.8. The fraction of sp³-hybridized carbons (Fsp3) is 0.200. The standard InChI is InChI=1S/C25H19ClF6N2O7S/c1-2-33-23(37)14-3-5-20(40-17-8-13(9-22(35)36)7-15(11-17)24(27,28)29)19(10-14)34-42(38,39)21-6-4-16(12-18(21)26)41-25(30,31)32/h3-8,10-12,34H,2,9H2,1H3,(H,33,37)(H,35,36). The molecule has 0 aromatic heterocycles. The van der Waals surface area contributed by atoms with Gasteiger partial charge in [-0.25, -0.2) is 8.42 Å². The lowest BCUT2D eigenvalue weighted by molar-refractivity contribution is -0.274. The number of nitrogens with one attached hydrogen (secondary N) is 2. The Morgan fingerprint density at radius 3 is 2.21 bits per heavy atom. The number of anilines is 1. The third-order valence-corrected chi connectivity index (χ3v) is 6.98. The average molecular weight is 641 g/mol. The molecule has 17 heteroatoms. The second kappa shape index (κ2) is 12.4. The molecule has 0 aliphatic rings. The van der Waals surface area contributed by atoms with Crippen molar-refractivity contribution >= 4 is 39.2 Å². The van der Waals surface area contributed by atoms with Crippen LogP contribution in [0.15, 0.2) is 59.5 Å². The summed E-state index contributed by atoms with van der Waals surface area (Å²) in [5.74, 6) is -3.82. The van der Waals surface area contributed by atoms with E-state index in [0.717, 1.165) is 18.2 Å². The number of aliphatic carboxylic acids is 1. The van der Waals surface area contributed by atoms with Crippen LogP contribution >= 0.6 is 11.6 Å². The van der Waals surface area contributed by atoms with E-state index >= 15 is 0 Å². The Hall–Kier alpha value is -4.18. The molecule has 0 heterocycles. The zero-order valence-corrected chi connectivity index (χ0v) is 22.6. The van der Waals surface area contributed by atoms with Gasteiger partial charge in [-0.05, 0) is 61.0 Å². The zero-order chi connectivity index (χ0) is 31.5. The molecule has 0 spiro atoms. The van der Waals surface area contributed by atoms with Gasteiger partial charge in [0.05, 0.1) is 22.7 Å². The maximum atomic E-state index is 13.5. The molecule has 9 nitrogen and oxygen atoms in total. The largest absolute Gasteiger partial charge is 0.573 e. The SMILES string of the molecule is CCNC(=O)c1ccc(Oc2cc(CC(=O)O)cc(C(F)(F)F)c2)c(NS(=O)(=O)c2ccc(OC(F)(F)F)cc2Cl)c1. The molecule has 0 saturated heterocycles. The highest BCUT2D eigenvalue weighted by atomic mass is 35.5. The second-order valence-electron chi connectivity index (χ2n) is 8.35. The molecule has 3 aromatic rings. The Morgan fingerprint density at radius 1 is 0.952 bits per heavy atom. The van der Waals surface area contributed by atoms with Crippen LogP contribution < -0.4 is 19.5 Å². The number of hydrogen-bond acceptors (Lipinski definition) is 6. The van der Waals surface area contributed by atoms with E-state index in [1.54, 1.807) is 6.92 Å². The highest BCUT2D eigenvalue weighted by Gasteiger charge is 2.33. The summed E-state index contributed by atoms with van der Waals surface area (Å²) < 4.78 is 116. The van der Waals surface area contributed by atoms with Gasteiger partial charge in [0.15, 0.2) is 5.75 Å². The summed E-state index contributed by atoms with van der Waals surface area (Å²) in [7, 11) is -4.72. The molecule has 0 aliphatic carbocycles. The van der Waals surface area contributed by atoms with E-state index in [2.05, 4.69) is 14.8 Å². The van der Waals surface area contributed by atoms with Gasteiger partial charge in [0.2, 0.25) is 0 Å². The summed E-state index contributed by atoms with van der Waals surface area (Å²) in [4.78, 5) is 22.8. The molecule has 0 atom stereocenters. The van der Waals surface area contributed by atoms with Gasteiger partial charge >= 0.3 is 18.5 Å². The predicted octanol–water partition coefficient (Wildman–Crippen LogP) is 6.23. The van der Waals surface area contributed by atoms with E-state index in [9.17, 15) is 44.3 Å². The monoisotopic (exact) mass is 640 g/mol. The van der Waals surface area contributed by atoms with Crippen LogP contribution in [0.1, 0.15) is 28.4 Å². The number of benzene rings is 3. The summed E-state index contributed by atoms with van der Waals surface area (Å²) in [5, 5.41) is 10.8. The minimum absolute atomic E-state index is 0.0995. The number of carboxylic acids is 1. The summed E-state index contributed by atoms with van der Waals surface area (Å²) in [6.45, 7) is 1.80. The summed E-state index contributed by atoms with van der Waals surface area (Å²) >= 11 is 5.90. The van der Waals surface area contributed by atoms with Crippen molar-refractivity contribution in [1.82, 2.24) is 5.32 Å². The van der Waals surface area contributed by atoms with Crippen molar-refractivity contribution in [3.8, 4) is 17.2 Å². The molecule has 0 saturated carbocycles. The summed E-state index contributed by atoms with van der Waals surface area (Å²) in [6, 6.07) is 7.40. The highest BCUT2D eigenvalue weighted by Crippen LogP contribution is 2.38. The van der Waals surface area contributed by atoms with Crippen molar-refractivity contribution in [3.63, 3.8) is 0 Å². The molecule has 3 N–H and O–H groups in total. The normalized spacial score (nSPS) is 12.0. The van der Waals surface area contributed by atoms with Crippen LogP contribution in [-0.2, 0) is 27.4 Å². The van der Waals surface area contributed by atoms with Crippen LogP contribution in [0.5, 0.6) is 17.2 Å². The Morgan fingerprint density at radius 2 is 1.64 bits per heavy atom. The quantitative estimate of drug-likeness (QED) is 0.224. The van der Waals surface area contributed by atoms with Gasteiger partial charge in [-0.3, -0.25) is 14.3 Å². The number of carbonyl (C=O) groups is 2. The lowest BCUT2D eigenvalue weighted by Crippen LogP contribution is -2.23. The fourth-order valence-corrected chi connectivity index (χ4v) is 5.08. The van der Waals surface area contributed by atoms with E-state index in [-0.39, 0.29) is 17.7 Å². The smallest absolute Gasteiger partial charge is 0.481 e. The molecule has 0 unspecified atom stereocenters. The van der Waals surface area contributed by atoms with Gasteiger partial charge < -0.3 is 19.9 Å². The van der Waals surface area contributed by atoms with E-state index in [4.69, 9.17) is 21.4 Å². The minimum Gasteiger partial charge on any atom is -0.481 e. The molecule has 1 amide bonds. The number of amides is 1. The van der Waals surface area contributed by atoms with Crippen molar-refractivity contribution < 1.29 is 58.9 Å². The molecular formula is C25H19ClF6N2O7S. The Bertz CT molecular complexity index is 1610. The first kappa shape index (κ1) is 32.3. The van der Waals surface area contributed by atoms with Crippen molar-refractivity contribution in [2.45, 2.75) is 30.8 Å². The van der Waals surface area contributed by atoms with E-state index in [1.165, 1.54) is 6.07 Å². The van der Waals surface area contributed by atoms with Crippen molar-refractivity contribution in [1.29, 1.82) is 0 Å². The van der Waals surface area contributed by atoms with Gasteiger partial charge in [0, 0.05) is 18.2 Å². The topological polar surface area (TPSA) is 131 Å². The first-order valence-electron chi connectivity index (χ1n) is 11.5. The molecule has 0 radical (unpaired) electrons. The van der Waals surface area contributed by atoms with Crippen LogP contribution in [-0.4, -0.2) is 38.3 Å². The Kier molecular flexibility index (Phi) is 9.52. The Balaban J connectivity index is 2.08. The third kappa shape index (κ3) is 8.66. The molecule has 0 fully saturated rings. The summed E-state index contributed by atoms with van der Waals surface area (Å²) in [5.41, 5.74) is -2.09. The average Bonchev–Trinajstić information content (AvgIpc) is 2.82. The van der Waals surface area contributed by atoms with Gasteiger partial charge in [0.25, 0.3) is 15.9 Å². The number of carboxylic acid groups (broad SMARTS) is 1. The number of hydrogen-bond donors (Lipinski definition) is 3. The number of ether oxygens (including phenoxy) is 2. The predicted molar refractivity (Wildman–Crippen MR) is 136 cm³/mol. The first-order valence-corrected chi connectivity index (χ1v) is 13.3. The number of rotatable bonds is 10. The zero-order valence-electron chi connectivity index (χ0n) is 21.1. The lowest BCUT2D eigenvalue weighted by atomic mass is 10.1. The second-order valence-corrected chi connectivity index (χ2v) is 10.4. The third-order valence-electron chi connectivity index (χ3n) is 5.13. The van der Waals surface area contributed by atoms with Gasteiger partial charge in [0.1, 0.15) is 16.4 Å². The van der Waals surface area contributed by atoms with Crippen molar-refractivity contribution in [2.24, 2.45) is 0 Å². The van der Waals surface area contributed by atoms with Gasteiger partial charge in [-0.15, -0.1) is 13.2 Å². The molecule has 226 valence electrons. The van der Waals surface area contributed by atoms with E-state index < -0.39 is 79.3 Å². The molecule has 3 rings (SSSR count). The van der Waals surface area contributed by atoms with Gasteiger partial charge in [-0.2, -0.15) is 13.2 Å². The molecule has 0 bridgehead atoms. The molecule has 3 aromatic carbocycles. The maximum absolute atomic E-state index is 13.5.